The minimum atomic E-state index is 0.361. The van der Waals surface area contributed by atoms with Crippen LogP contribution in [0.5, 0.6) is 0 Å². The van der Waals surface area contributed by atoms with Crippen molar-refractivity contribution < 1.29 is 4.79 Å². The third-order valence-corrected chi connectivity index (χ3v) is 3.08. The van der Waals surface area contributed by atoms with Crippen molar-refractivity contribution >= 4 is 5.78 Å². The Labute approximate surface area is 90.3 Å². The second kappa shape index (κ2) is 5.10. The lowest BCUT2D eigenvalue weighted by molar-refractivity contribution is -0.118. The molecule has 0 bridgehead atoms. The van der Waals surface area contributed by atoms with Crippen molar-refractivity contribution in [2.45, 2.75) is 51.4 Å². The summed E-state index contributed by atoms with van der Waals surface area (Å²) in [6, 6.07) is 0. The quantitative estimate of drug-likeness (QED) is 0.708. The van der Waals surface area contributed by atoms with Gasteiger partial charge in [0.2, 0.25) is 0 Å². The van der Waals surface area contributed by atoms with Crippen molar-refractivity contribution in [1.82, 2.24) is 10.2 Å². The third-order valence-electron chi connectivity index (χ3n) is 3.08. The van der Waals surface area contributed by atoms with Crippen LogP contribution in [-0.2, 0) is 17.6 Å². The van der Waals surface area contributed by atoms with E-state index in [-0.39, 0.29) is 0 Å². The molecule has 2 rings (SSSR count). The van der Waals surface area contributed by atoms with E-state index in [1.807, 2.05) is 6.20 Å². The third kappa shape index (κ3) is 2.91. The van der Waals surface area contributed by atoms with Crippen LogP contribution in [0, 0.1) is 0 Å². The Balaban J connectivity index is 2.07. The van der Waals surface area contributed by atoms with Crippen LogP contribution in [0.1, 0.15) is 49.8 Å². The van der Waals surface area contributed by atoms with Crippen LogP contribution >= 0.6 is 0 Å². The molecule has 0 radical (unpaired) electrons. The Morgan fingerprint density at radius 2 is 1.80 bits per heavy atom. The molecule has 0 unspecified atom stereocenters. The highest BCUT2D eigenvalue weighted by Gasteiger charge is 2.11. The zero-order valence-corrected chi connectivity index (χ0v) is 9.09. The van der Waals surface area contributed by atoms with Gasteiger partial charge in [-0.3, -0.25) is 9.89 Å². The highest BCUT2D eigenvalue weighted by Crippen LogP contribution is 2.15. The number of hydrogen-bond donors (Lipinski definition) is 1. The molecule has 1 aliphatic rings. The van der Waals surface area contributed by atoms with Gasteiger partial charge in [0.05, 0.1) is 6.20 Å². The fourth-order valence-electron chi connectivity index (χ4n) is 2.16. The molecule has 1 aromatic heterocycles. The summed E-state index contributed by atoms with van der Waals surface area (Å²) in [6.07, 6.45) is 10.2. The molecule has 0 amide bonds. The normalized spacial score (nSPS) is 19.3. The molecule has 1 N–H and O–H groups in total. The fraction of sp³-hybridized carbons (Fsp3) is 0.667. The smallest absolute Gasteiger partial charge is 0.137 e. The van der Waals surface area contributed by atoms with Gasteiger partial charge in [0.25, 0.3) is 0 Å². The second-order valence-electron chi connectivity index (χ2n) is 4.36. The molecule has 3 heteroatoms. The fourth-order valence-corrected chi connectivity index (χ4v) is 2.16. The van der Waals surface area contributed by atoms with E-state index in [9.17, 15) is 4.79 Å². The first-order chi connectivity index (χ1) is 7.36. The number of nitrogens with zero attached hydrogens (tertiary/aromatic N) is 1. The Kier molecular flexibility index (Phi) is 3.54. The lowest BCUT2D eigenvalue weighted by Gasteiger charge is -2.00. The summed E-state index contributed by atoms with van der Waals surface area (Å²) in [5.74, 6) is 0.361. The lowest BCUT2D eigenvalue weighted by Crippen LogP contribution is -2.03. The van der Waals surface area contributed by atoms with Crippen molar-refractivity contribution in [2.24, 2.45) is 0 Å². The summed E-state index contributed by atoms with van der Waals surface area (Å²) in [5, 5.41) is 7.04. The van der Waals surface area contributed by atoms with Crippen molar-refractivity contribution in [1.29, 1.82) is 0 Å². The highest BCUT2D eigenvalue weighted by atomic mass is 16.1. The molecule has 0 aliphatic heterocycles. The SMILES string of the molecule is O=C1CCCCCCCc2[nH]ncc2C1. The number of fused-ring (bicyclic) bond motifs is 1. The van der Waals surface area contributed by atoms with E-state index >= 15 is 0 Å². The number of aromatic amines is 1. The Bertz CT molecular complexity index is 330. The molecule has 0 saturated heterocycles. The Morgan fingerprint density at radius 3 is 2.67 bits per heavy atom. The maximum atomic E-state index is 11.6. The molecule has 0 fully saturated rings. The van der Waals surface area contributed by atoms with Gasteiger partial charge in [-0.25, -0.2) is 0 Å². The van der Waals surface area contributed by atoms with Gasteiger partial charge >= 0.3 is 0 Å². The number of hydrogen-bond acceptors (Lipinski definition) is 2. The topological polar surface area (TPSA) is 45.8 Å². The summed E-state index contributed by atoms with van der Waals surface area (Å²) < 4.78 is 0. The summed E-state index contributed by atoms with van der Waals surface area (Å²) in [6.45, 7) is 0. The lowest BCUT2D eigenvalue weighted by atomic mass is 10.0. The average Bonchev–Trinajstić information content (AvgIpc) is 2.62. The Hall–Kier alpha value is -1.12. The van der Waals surface area contributed by atoms with Crippen LogP contribution in [-0.4, -0.2) is 16.0 Å². The first-order valence-electron chi connectivity index (χ1n) is 5.89. The monoisotopic (exact) mass is 206 g/mol. The van der Waals surface area contributed by atoms with Crippen LogP contribution < -0.4 is 0 Å². The van der Waals surface area contributed by atoms with E-state index in [0.717, 1.165) is 24.8 Å². The van der Waals surface area contributed by atoms with E-state index in [1.165, 1.54) is 31.4 Å². The molecule has 0 spiro atoms. The number of aryl methyl sites for hydroxylation is 1. The van der Waals surface area contributed by atoms with Crippen molar-refractivity contribution in [3.63, 3.8) is 0 Å². The van der Waals surface area contributed by atoms with Crippen LogP contribution in [0.3, 0.4) is 0 Å². The average molecular weight is 206 g/mol. The number of H-pyrrole nitrogens is 1. The predicted molar refractivity (Wildman–Crippen MR) is 58.7 cm³/mol. The summed E-state index contributed by atoms with van der Waals surface area (Å²) in [4.78, 5) is 11.6. The van der Waals surface area contributed by atoms with Gasteiger partial charge in [0.1, 0.15) is 5.78 Å². The largest absolute Gasteiger partial charge is 0.299 e. The number of nitrogens with one attached hydrogen (secondary N) is 1. The Morgan fingerprint density at radius 1 is 1.07 bits per heavy atom. The second-order valence-corrected chi connectivity index (χ2v) is 4.36. The molecule has 3 nitrogen and oxygen atoms in total. The number of rotatable bonds is 0. The van der Waals surface area contributed by atoms with Gasteiger partial charge in [-0.05, 0) is 19.3 Å². The summed E-state index contributed by atoms with van der Waals surface area (Å²) in [5.41, 5.74) is 2.28. The van der Waals surface area contributed by atoms with Crippen LogP contribution in [0.15, 0.2) is 6.20 Å². The van der Waals surface area contributed by atoms with Crippen LogP contribution in [0.25, 0.3) is 0 Å². The molecule has 15 heavy (non-hydrogen) atoms. The van der Waals surface area contributed by atoms with Crippen LogP contribution in [0.4, 0.5) is 0 Å². The molecule has 1 heterocycles. The maximum absolute atomic E-state index is 11.6. The van der Waals surface area contributed by atoms with Crippen LogP contribution in [0.2, 0.25) is 0 Å². The molecular weight excluding hydrogens is 188 g/mol. The molecular formula is C12H18N2O. The van der Waals surface area contributed by atoms with E-state index in [4.69, 9.17) is 0 Å². The van der Waals surface area contributed by atoms with E-state index in [0.29, 0.717) is 12.2 Å². The van der Waals surface area contributed by atoms with Crippen molar-refractivity contribution in [2.75, 3.05) is 0 Å². The van der Waals surface area contributed by atoms with Crippen molar-refractivity contribution in [3.05, 3.63) is 17.5 Å². The summed E-state index contributed by atoms with van der Waals surface area (Å²) in [7, 11) is 0. The number of ketones is 1. The van der Waals surface area contributed by atoms with Gasteiger partial charge in [-0.15, -0.1) is 0 Å². The zero-order valence-electron chi connectivity index (χ0n) is 9.09. The van der Waals surface area contributed by atoms with Crippen molar-refractivity contribution in [3.8, 4) is 0 Å². The predicted octanol–water partition coefficient (Wildman–Crippen LogP) is 2.42. The molecule has 82 valence electrons. The number of Topliss-reactive ketones (excluding diaryl/α,β-unsaturated/α-hetero) is 1. The first kappa shape index (κ1) is 10.4. The van der Waals surface area contributed by atoms with Gasteiger partial charge < -0.3 is 0 Å². The van der Waals surface area contributed by atoms with Gasteiger partial charge in [-0.1, -0.05) is 19.3 Å². The molecule has 0 saturated carbocycles. The van der Waals surface area contributed by atoms with Gasteiger partial charge in [0.15, 0.2) is 0 Å². The molecule has 1 aliphatic carbocycles. The summed E-state index contributed by atoms with van der Waals surface area (Å²) >= 11 is 0. The molecule has 0 aromatic carbocycles. The first-order valence-corrected chi connectivity index (χ1v) is 5.89. The maximum Gasteiger partial charge on any atom is 0.137 e. The number of aromatic nitrogens is 2. The van der Waals surface area contributed by atoms with Gasteiger partial charge in [0, 0.05) is 24.1 Å². The van der Waals surface area contributed by atoms with E-state index in [1.54, 1.807) is 0 Å². The van der Waals surface area contributed by atoms with E-state index < -0.39 is 0 Å². The molecule has 1 aromatic rings. The van der Waals surface area contributed by atoms with Gasteiger partial charge in [-0.2, -0.15) is 5.10 Å². The molecule has 0 atom stereocenters. The highest BCUT2D eigenvalue weighted by molar-refractivity contribution is 5.80. The van der Waals surface area contributed by atoms with E-state index in [2.05, 4.69) is 10.2 Å². The zero-order chi connectivity index (χ0) is 10.5. The number of carbonyl (C=O) groups is 1. The number of carbonyl (C=O) groups excluding carboxylic acids is 1. The standard InChI is InChI=1S/C12H18N2O/c15-11-6-4-2-1-3-5-7-12-10(8-11)9-13-14-12/h9H,1-8H2,(H,13,14). The minimum absolute atomic E-state index is 0.361. The minimum Gasteiger partial charge on any atom is -0.299 e.